The minimum atomic E-state index is -4.19. The van der Waals surface area contributed by atoms with Gasteiger partial charge in [0.2, 0.25) is 0 Å². The van der Waals surface area contributed by atoms with E-state index in [-0.39, 0.29) is 35.7 Å². The maximum Gasteiger partial charge on any atom is 1.00 e. The number of hydrogen-bond donors (Lipinski definition) is 1. The molecule has 2 atom stereocenters. The molecule has 30 heavy (non-hydrogen) atoms. The Morgan fingerprint density at radius 1 is 0.600 bits per heavy atom. The average molecular weight is 457 g/mol. The molecule has 176 valence electrons. The van der Waals surface area contributed by atoms with Crippen molar-refractivity contribution in [1.29, 1.82) is 0 Å². The summed E-state index contributed by atoms with van der Waals surface area (Å²) in [5.74, 6) is 0. The Kier molecular flexibility index (Phi) is 25.4. The molecule has 0 radical (unpaired) electrons. The van der Waals surface area contributed by atoms with Crippen molar-refractivity contribution in [1.82, 2.24) is 0 Å². The first-order chi connectivity index (χ1) is 13.9. The molecule has 0 saturated carbocycles. The van der Waals surface area contributed by atoms with E-state index in [1.54, 1.807) is 0 Å². The van der Waals surface area contributed by atoms with Crippen molar-refractivity contribution in [2.75, 3.05) is 0 Å². The molecule has 0 aromatic heterocycles. The molecule has 0 spiro atoms. The zero-order valence-electron chi connectivity index (χ0n) is 20.4. The van der Waals surface area contributed by atoms with Crippen LogP contribution in [0.2, 0.25) is 0 Å². The average Bonchev–Trinajstić information content (AvgIpc) is 2.67. The van der Waals surface area contributed by atoms with Crippen LogP contribution in [0, 0.1) is 0 Å². The Bertz CT molecular complexity index is 442. The summed E-state index contributed by atoms with van der Waals surface area (Å²) in [6, 6.07) is 0. The van der Waals surface area contributed by atoms with Gasteiger partial charge in [-0.05, 0) is 25.7 Å². The Hall–Kier alpha value is 0.870. The van der Waals surface area contributed by atoms with E-state index in [2.05, 4.69) is 13.8 Å². The van der Waals surface area contributed by atoms with Gasteiger partial charge in [0.15, 0.2) is 0 Å². The molecule has 0 aliphatic carbocycles. The van der Waals surface area contributed by atoms with E-state index in [0.29, 0.717) is 12.8 Å². The van der Waals surface area contributed by atoms with Crippen LogP contribution in [0.5, 0.6) is 0 Å². The summed E-state index contributed by atoms with van der Waals surface area (Å²) in [5, 5.41) is 9.38. The van der Waals surface area contributed by atoms with Crippen LogP contribution in [-0.4, -0.2) is 29.4 Å². The zero-order valence-corrected chi connectivity index (χ0v) is 23.2. The predicted molar refractivity (Wildman–Crippen MR) is 123 cm³/mol. The van der Waals surface area contributed by atoms with Crippen molar-refractivity contribution >= 4 is 10.1 Å². The van der Waals surface area contributed by atoms with E-state index < -0.39 is 15.4 Å². The molecule has 0 bridgehead atoms. The molecular formula is C24H49NaO4S. The van der Waals surface area contributed by atoms with E-state index in [0.717, 1.165) is 64.2 Å². The second kappa shape index (κ2) is 23.0. The molecule has 0 aromatic rings. The first kappa shape index (κ1) is 33.0. The van der Waals surface area contributed by atoms with Gasteiger partial charge in [-0.2, -0.15) is 0 Å². The number of aliphatic hydroxyl groups is 1. The first-order valence-corrected chi connectivity index (χ1v) is 14.0. The Morgan fingerprint density at radius 2 is 0.900 bits per heavy atom. The van der Waals surface area contributed by atoms with Gasteiger partial charge in [-0.15, -0.1) is 0 Å². The summed E-state index contributed by atoms with van der Waals surface area (Å²) >= 11 is 0. The number of rotatable bonds is 22. The molecule has 0 heterocycles. The number of aliphatic hydroxyl groups excluding tert-OH is 1. The van der Waals surface area contributed by atoms with Crippen molar-refractivity contribution in [2.45, 2.75) is 154 Å². The maximum atomic E-state index is 11.5. The third kappa shape index (κ3) is 22.1. The Morgan fingerprint density at radius 3 is 1.27 bits per heavy atom. The smallest absolute Gasteiger partial charge is 0.748 e. The fourth-order valence-electron chi connectivity index (χ4n) is 4.00. The molecule has 0 aromatic carbocycles. The minimum Gasteiger partial charge on any atom is -0.748 e. The van der Waals surface area contributed by atoms with Crippen LogP contribution >= 0.6 is 0 Å². The van der Waals surface area contributed by atoms with Crippen LogP contribution in [0.3, 0.4) is 0 Å². The van der Waals surface area contributed by atoms with Crippen LogP contribution in [0.15, 0.2) is 0 Å². The first-order valence-electron chi connectivity index (χ1n) is 12.5. The van der Waals surface area contributed by atoms with E-state index >= 15 is 0 Å². The minimum absolute atomic E-state index is 0. The van der Waals surface area contributed by atoms with E-state index in [4.69, 9.17) is 0 Å². The van der Waals surface area contributed by atoms with Gasteiger partial charge in [0.25, 0.3) is 0 Å². The van der Waals surface area contributed by atoms with E-state index in [1.165, 1.54) is 51.4 Å². The number of hydrogen-bond acceptors (Lipinski definition) is 4. The summed E-state index contributed by atoms with van der Waals surface area (Å²) in [5.41, 5.74) is 0. The van der Waals surface area contributed by atoms with Gasteiger partial charge in [0.1, 0.15) is 0 Å². The summed E-state index contributed by atoms with van der Waals surface area (Å²) in [6.07, 6.45) is 20.6. The van der Waals surface area contributed by atoms with Gasteiger partial charge in [-0.25, -0.2) is 8.42 Å². The van der Waals surface area contributed by atoms with Crippen LogP contribution in [0.1, 0.15) is 142 Å². The molecule has 4 nitrogen and oxygen atoms in total. The van der Waals surface area contributed by atoms with Gasteiger partial charge in [0.05, 0.1) is 16.2 Å². The largest absolute Gasteiger partial charge is 1.00 e. The maximum absolute atomic E-state index is 11.5. The zero-order chi connectivity index (χ0) is 21.8. The normalized spacial score (nSPS) is 13.7. The Labute approximate surface area is 210 Å². The monoisotopic (exact) mass is 456 g/mol. The van der Waals surface area contributed by atoms with Crippen molar-refractivity contribution in [3.63, 3.8) is 0 Å². The van der Waals surface area contributed by atoms with E-state index in [9.17, 15) is 18.1 Å². The van der Waals surface area contributed by atoms with Crippen molar-refractivity contribution in [3.8, 4) is 0 Å². The topological polar surface area (TPSA) is 77.4 Å². The molecule has 0 fully saturated rings. The van der Waals surface area contributed by atoms with E-state index in [1.807, 2.05) is 0 Å². The molecule has 6 heteroatoms. The van der Waals surface area contributed by atoms with Crippen LogP contribution in [-0.2, 0) is 10.1 Å². The molecule has 0 amide bonds. The number of unbranched alkanes of at least 4 members (excludes halogenated alkanes) is 13. The summed E-state index contributed by atoms with van der Waals surface area (Å²) in [6.45, 7) is 4.39. The van der Waals surface area contributed by atoms with Gasteiger partial charge in [-0.1, -0.05) is 117 Å². The molecule has 0 aliphatic heterocycles. The van der Waals surface area contributed by atoms with Crippen molar-refractivity contribution in [3.05, 3.63) is 0 Å². The molecule has 1 N–H and O–H groups in total. The van der Waals surface area contributed by atoms with Crippen LogP contribution in [0.25, 0.3) is 0 Å². The molecule has 2 unspecified atom stereocenters. The summed E-state index contributed by atoms with van der Waals surface area (Å²) in [4.78, 5) is 0. The van der Waals surface area contributed by atoms with Crippen molar-refractivity contribution < 1.29 is 47.6 Å². The molecule has 0 saturated heterocycles. The van der Waals surface area contributed by atoms with Gasteiger partial charge < -0.3 is 9.66 Å². The fraction of sp³-hybridized carbons (Fsp3) is 1.00. The van der Waals surface area contributed by atoms with Crippen molar-refractivity contribution in [2.24, 2.45) is 0 Å². The van der Waals surface area contributed by atoms with Gasteiger partial charge in [-0.3, -0.25) is 0 Å². The molecule has 0 rings (SSSR count). The third-order valence-electron chi connectivity index (χ3n) is 5.99. The van der Waals surface area contributed by atoms with Crippen LogP contribution in [0.4, 0.5) is 0 Å². The second-order valence-electron chi connectivity index (χ2n) is 8.87. The van der Waals surface area contributed by atoms with Gasteiger partial charge in [0, 0.05) is 5.25 Å². The molecular weight excluding hydrogens is 407 g/mol. The van der Waals surface area contributed by atoms with Gasteiger partial charge >= 0.3 is 29.6 Å². The second-order valence-corrected chi connectivity index (χ2v) is 10.5. The summed E-state index contributed by atoms with van der Waals surface area (Å²) in [7, 11) is -4.19. The van der Waals surface area contributed by atoms with Crippen LogP contribution < -0.4 is 29.6 Å². The third-order valence-corrected chi connectivity index (χ3v) is 7.28. The predicted octanol–water partition coefficient (Wildman–Crippen LogP) is 4.11. The quantitative estimate of drug-likeness (QED) is 0.151. The fourth-order valence-corrected chi connectivity index (χ4v) is 4.91. The molecule has 0 aliphatic rings. The SMILES string of the molecule is CCCCCCCCCCC(O)CCCCCC(CCCCCCC)S(=O)(=O)[O-].[Na+]. The summed E-state index contributed by atoms with van der Waals surface area (Å²) < 4.78 is 34.4. The Balaban J connectivity index is 0. The standard InChI is InChI=1S/C24H50O4S.Na/c1-3-5-7-9-10-11-13-15-19-23(25)20-16-14-18-22-24(29(26,27)28)21-17-12-8-6-4-2;/h23-25H,3-22H2,1-2H3,(H,26,27,28);/q;+1/p-1.